The van der Waals surface area contributed by atoms with Crippen LogP contribution in [0.25, 0.3) is 0 Å². The number of rotatable bonds is 6. The van der Waals surface area contributed by atoms with E-state index in [1.54, 1.807) is 10.5 Å². The molecule has 2 heterocycles. The van der Waals surface area contributed by atoms with E-state index in [-0.39, 0.29) is 0 Å². The van der Waals surface area contributed by atoms with Crippen LogP contribution in [0.4, 0.5) is 0 Å². The van der Waals surface area contributed by atoms with Gasteiger partial charge in [-0.25, -0.2) is 8.42 Å². The van der Waals surface area contributed by atoms with Gasteiger partial charge in [-0.3, -0.25) is 4.68 Å². The van der Waals surface area contributed by atoms with Gasteiger partial charge < -0.3 is 4.90 Å². The molecule has 1 saturated carbocycles. The van der Waals surface area contributed by atoms with Gasteiger partial charge in [-0.05, 0) is 52.2 Å². The zero-order valence-corrected chi connectivity index (χ0v) is 15.0. The molecule has 1 aliphatic heterocycles. The highest BCUT2D eigenvalue weighted by molar-refractivity contribution is 7.89. The van der Waals surface area contributed by atoms with E-state index < -0.39 is 10.0 Å². The summed E-state index contributed by atoms with van der Waals surface area (Å²) in [6.45, 7) is 2.29. The van der Waals surface area contributed by atoms with E-state index in [4.69, 9.17) is 0 Å². The number of hydrogen-bond donors (Lipinski definition) is 0. The van der Waals surface area contributed by atoms with Crippen molar-refractivity contribution in [3.8, 4) is 0 Å². The third kappa shape index (κ3) is 3.78. The second-order valence-corrected chi connectivity index (χ2v) is 9.14. The zero-order chi connectivity index (χ0) is 16.4. The van der Waals surface area contributed by atoms with Crippen LogP contribution in [-0.2, 0) is 10.0 Å². The maximum Gasteiger partial charge on any atom is 0.246 e. The van der Waals surface area contributed by atoms with Crippen LogP contribution < -0.4 is 0 Å². The number of sulfonamides is 1. The Morgan fingerprint density at radius 3 is 2.70 bits per heavy atom. The molecule has 1 aromatic heterocycles. The molecular weight excluding hydrogens is 312 g/mol. The van der Waals surface area contributed by atoms with Gasteiger partial charge in [0.1, 0.15) is 4.90 Å². The predicted octanol–water partition coefficient (Wildman–Crippen LogP) is 1.96. The molecule has 130 valence electrons. The van der Waals surface area contributed by atoms with E-state index in [1.165, 1.54) is 19.0 Å². The van der Waals surface area contributed by atoms with Crippen LogP contribution >= 0.6 is 0 Å². The molecule has 2 aliphatic rings. The summed E-state index contributed by atoms with van der Waals surface area (Å²) in [5, 5.41) is 4.32. The van der Waals surface area contributed by atoms with Crippen molar-refractivity contribution in [2.24, 2.45) is 5.92 Å². The minimum atomic E-state index is -3.38. The summed E-state index contributed by atoms with van der Waals surface area (Å²) in [7, 11) is 0.730. The third-order valence-corrected chi connectivity index (χ3v) is 6.97. The normalized spacial score (nSPS) is 24.0. The molecule has 1 aromatic rings. The molecule has 0 amide bonds. The van der Waals surface area contributed by atoms with Crippen LogP contribution in [0.1, 0.15) is 44.6 Å². The highest BCUT2D eigenvalue weighted by Gasteiger charge is 2.33. The lowest BCUT2D eigenvalue weighted by atomic mass is 10.1. The fraction of sp³-hybridized carbons (Fsp3) is 0.812. The van der Waals surface area contributed by atoms with Crippen LogP contribution in [0.2, 0.25) is 0 Å². The van der Waals surface area contributed by atoms with Crippen molar-refractivity contribution in [1.29, 1.82) is 0 Å². The van der Waals surface area contributed by atoms with E-state index in [1.807, 2.05) is 4.68 Å². The molecule has 0 aromatic carbocycles. The number of aromatic nitrogens is 2. The largest absolute Gasteiger partial charge is 0.309 e. The van der Waals surface area contributed by atoms with Gasteiger partial charge in [0.05, 0.1) is 12.2 Å². The second kappa shape index (κ2) is 6.91. The Labute approximate surface area is 139 Å². The summed E-state index contributed by atoms with van der Waals surface area (Å²) in [6.07, 6.45) is 9.93. The molecule has 0 N–H and O–H groups in total. The Morgan fingerprint density at radius 1 is 1.26 bits per heavy atom. The first-order valence-corrected chi connectivity index (χ1v) is 10.1. The van der Waals surface area contributed by atoms with Gasteiger partial charge >= 0.3 is 0 Å². The Balaban J connectivity index is 1.65. The third-order valence-electron chi connectivity index (χ3n) is 5.15. The van der Waals surface area contributed by atoms with Gasteiger partial charge in [-0.2, -0.15) is 9.40 Å². The zero-order valence-electron chi connectivity index (χ0n) is 14.2. The highest BCUT2D eigenvalue weighted by atomic mass is 32.2. The van der Waals surface area contributed by atoms with Crippen molar-refractivity contribution >= 4 is 10.0 Å². The monoisotopic (exact) mass is 340 g/mol. The van der Waals surface area contributed by atoms with E-state index in [2.05, 4.69) is 24.1 Å². The summed E-state index contributed by atoms with van der Waals surface area (Å²) < 4.78 is 29.1. The Hall–Kier alpha value is -0.920. The van der Waals surface area contributed by atoms with Crippen LogP contribution in [0.15, 0.2) is 17.3 Å². The molecule has 0 spiro atoms. The molecular formula is C16H28N4O2S. The van der Waals surface area contributed by atoms with Gasteiger partial charge in [0.15, 0.2) is 0 Å². The maximum absolute atomic E-state index is 12.8. The lowest BCUT2D eigenvalue weighted by Gasteiger charge is -2.16. The van der Waals surface area contributed by atoms with Crippen molar-refractivity contribution in [2.45, 2.75) is 49.5 Å². The van der Waals surface area contributed by atoms with Gasteiger partial charge in [0, 0.05) is 19.3 Å². The van der Waals surface area contributed by atoms with Crippen molar-refractivity contribution in [3.05, 3.63) is 12.4 Å². The second-order valence-electron chi connectivity index (χ2n) is 7.20. The number of nitrogens with zero attached hydrogens (tertiary/aromatic N) is 4. The lowest BCUT2D eigenvalue weighted by molar-refractivity contribution is 0.352. The molecule has 1 atom stereocenters. The SMILES string of the molecule is CN(C)CCC1CCN(S(=O)(=O)c2cnn(C3CCCC3)c2)C1. The first-order valence-electron chi connectivity index (χ1n) is 8.66. The van der Waals surface area contributed by atoms with Crippen LogP contribution in [-0.4, -0.2) is 61.1 Å². The number of hydrogen-bond acceptors (Lipinski definition) is 4. The van der Waals surface area contributed by atoms with Crippen LogP contribution in [0.3, 0.4) is 0 Å². The van der Waals surface area contributed by atoms with E-state index in [0.29, 0.717) is 29.9 Å². The topological polar surface area (TPSA) is 58.4 Å². The van der Waals surface area contributed by atoms with Crippen LogP contribution in [0, 0.1) is 5.92 Å². The molecule has 3 rings (SSSR count). The summed E-state index contributed by atoms with van der Waals surface area (Å²) in [5.74, 6) is 0.469. The first-order chi connectivity index (χ1) is 11.0. The summed E-state index contributed by atoms with van der Waals surface area (Å²) in [4.78, 5) is 2.51. The van der Waals surface area contributed by atoms with Crippen LogP contribution in [0.5, 0.6) is 0 Å². The molecule has 23 heavy (non-hydrogen) atoms. The minimum Gasteiger partial charge on any atom is -0.309 e. The maximum atomic E-state index is 12.8. The average Bonchev–Trinajstić information content (AvgIpc) is 3.23. The fourth-order valence-electron chi connectivity index (χ4n) is 3.66. The molecule has 0 radical (unpaired) electrons. The fourth-order valence-corrected chi connectivity index (χ4v) is 5.14. The summed E-state index contributed by atoms with van der Waals surface area (Å²) in [5.41, 5.74) is 0. The molecule has 2 fully saturated rings. The summed E-state index contributed by atoms with van der Waals surface area (Å²) >= 11 is 0. The van der Waals surface area contributed by atoms with E-state index in [9.17, 15) is 8.42 Å². The highest BCUT2D eigenvalue weighted by Crippen LogP contribution is 2.31. The lowest BCUT2D eigenvalue weighted by Crippen LogP contribution is -2.29. The van der Waals surface area contributed by atoms with Crippen molar-refractivity contribution in [2.75, 3.05) is 33.7 Å². The average molecular weight is 340 g/mol. The standard InChI is InChI=1S/C16H28N4O2S/c1-18(2)9-7-14-8-10-19(12-14)23(21,22)16-11-17-20(13-16)15-5-3-4-6-15/h11,13-15H,3-10,12H2,1-2H3. The van der Waals surface area contributed by atoms with Crippen molar-refractivity contribution < 1.29 is 8.42 Å². The summed E-state index contributed by atoms with van der Waals surface area (Å²) in [6, 6.07) is 0.380. The van der Waals surface area contributed by atoms with Gasteiger partial charge in [0.2, 0.25) is 10.0 Å². The van der Waals surface area contributed by atoms with E-state index in [0.717, 1.165) is 32.2 Å². The van der Waals surface area contributed by atoms with Crippen molar-refractivity contribution in [1.82, 2.24) is 19.0 Å². The minimum absolute atomic E-state index is 0.359. The van der Waals surface area contributed by atoms with Crippen molar-refractivity contribution in [3.63, 3.8) is 0 Å². The molecule has 1 unspecified atom stereocenters. The quantitative estimate of drug-likeness (QED) is 0.794. The Bertz CT molecular complexity index is 620. The molecule has 0 bridgehead atoms. The molecule has 1 aliphatic carbocycles. The smallest absolute Gasteiger partial charge is 0.246 e. The van der Waals surface area contributed by atoms with E-state index >= 15 is 0 Å². The van der Waals surface area contributed by atoms with Gasteiger partial charge in [-0.15, -0.1) is 0 Å². The van der Waals surface area contributed by atoms with Gasteiger partial charge in [-0.1, -0.05) is 12.8 Å². The first kappa shape index (κ1) is 16.9. The molecule has 7 heteroatoms. The predicted molar refractivity (Wildman–Crippen MR) is 89.8 cm³/mol. The molecule has 6 nitrogen and oxygen atoms in total. The Morgan fingerprint density at radius 2 is 2.00 bits per heavy atom. The Kier molecular flexibility index (Phi) is 5.08. The molecule has 1 saturated heterocycles. The van der Waals surface area contributed by atoms with Gasteiger partial charge in [0.25, 0.3) is 0 Å².